The van der Waals surface area contributed by atoms with E-state index in [1.807, 2.05) is 31.6 Å². The van der Waals surface area contributed by atoms with Gasteiger partial charge in [0.05, 0.1) is 0 Å². The Hall–Kier alpha value is -1.74. The third-order valence-corrected chi connectivity index (χ3v) is 3.59. The van der Waals surface area contributed by atoms with Crippen molar-refractivity contribution in [2.24, 2.45) is 7.05 Å². The van der Waals surface area contributed by atoms with Gasteiger partial charge in [0.25, 0.3) is 0 Å². The van der Waals surface area contributed by atoms with E-state index in [1.165, 1.54) is 5.52 Å². The van der Waals surface area contributed by atoms with Crippen LogP contribution in [0.4, 0.5) is 0 Å². The molecule has 0 amide bonds. The number of imidazole rings is 1. The van der Waals surface area contributed by atoms with Crippen LogP contribution in [-0.2, 0) is 20.0 Å². The minimum absolute atomic E-state index is 0.809. The first-order valence-electron chi connectivity index (χ1n) is 5.95. The van der Waals surface area contributed by atoms with Crippen LogP contribution in [-0.4, -0.2) is 14.1 Å². The van der Waals surface area contributed by atoms with Gasteiger partial charge in [-0.15, -0.1) is 0 Å². The molecule has 0 spiro atoms. The lowest BCUT2D eigenvalue weighted by atomic mass is 10.2. The molecule has 3 aromatic rings. The molecule has 3 nitrogen and oxygen atoms in total. The average Bonchev–Trinajstić information content (AvgIpc) is 2.94. The summed E-state index contributed by atoms with van der Waals surface area (Å²) in [4.78, 5) is 4.34. The maximum Gasteiger partial charge on any atom is 0.110 e. The lowest BCUT2D eigenvalue weighted by molar-refractivity contribution is 0.668. The SMILES string of the molecule is Cn1ccnc1CCn1ccc2c(Cl)cccc21. The molecule has 0 N–H and O–H groups in total. The first-order chi connectivity index (χ1) is 8.75. The van der Waals surface area contributed by atoms with E-state index in [0.29, 0.717) is 0 Å². The highest BCUT2D eigenvalue weighted by Crippen LogP contribution is 2.24. The van der Waals surface area contributed by atoms with Gasteiger partial charge in [-0.05, 0) is 18.2 Å². The number of benzene rings is 1. The number of fused-ring (bicyclic) bond motifs is 1. The highest BCUT2D eigenvalue weighted by atomic mass is 35.5. The molecule has 0 radical (unpaired) electrons. The molecule has 0 unspecified atom stereocenters. The predicted molar refractivity (Wildman–Crippen MR) is 73.9 cm³/mol. The molecule has 2 aromatic heterocycles. The Labute approximate surface area is 111 Å². The third-order valence-electron chi connectivity index (χ3n) is 3.26. The van der Waals surface area contributed by atoms with Gasteiger partial charge in [0.2, 0.25) is 0 Å². The lowest BCUT2D eigenvalue weighted by Crippen LogP contribution is -2.04. The van der Waals surface area contributed by atoms with Crippen molar-refractivity contribution in [2.45, 2.75) is 13.0 Å². The largest absolute Gasteiger partial charge is 0.347 e. The van der Waals surface area contributed by atoms with Gasteiger partial charge >= 0.3 is 0 Å². The van der Waals surface area contributed by atoms with E-state index < -0.39 is 0 Å². The molecule has 18 heavy (non-hydrogen) atoms. The summed E-state index contributed by atoms with van der Waals surface area (Å²) < 4.78 is 4.27. The normalized spacial score (nSPS) is 11.2. The van der Waals surface area contributed by atoms with Crippen molar-refractivity contribution in [1.82, 2.24) is 14.1 Å². The van der Waals surface area contributed by atoms with E-state index in [1.54, 1.807) is 0 Å². The maximum absolute atomic E-state index is 6.17. The van der Waals surface area contributed by atoms with E-state index in [-0.39, 0.29) is 0 Å². The first-order valence-corrected chi connectivity index (χ1v) is 6.33. The van der Waals surface area contributed by atoms with E-state index in [2.05, 4.69) is 32.4 Å². The van der Waals surface area contributed by atoms with E-state index in [0.717, 1.165) is 29.2 Å². The number of hydrogen-bond acceptors (Lipinski definition) is 1. The zero-order valence-electron chi connectivity index (χ0n) is 10.2. The molecule has 0 atom stereocenters. The predicted octanol–water partition coefficient (Wildman–Crippen LogP) is 3.27. The van der Waals surface area contributed by atoms with Crippen LogP contribution < -0.4 is 0 Å². The Morgan fingerprint density at radius 2 is 2.11 bits per heavy atom. The van der Waals surface area contributed by atoms with Crippen molar-refractivity contribution < 1.29 is 0 Å². The molecule has 0 aliphatic carbocycles. The van der Waals surface area contributed by atoms with Crippen LogP contribution in [0.1, 0.15) is 5.82 Å². The van der Waals surface area contributed by atoms with Crippen LogP contribution in [0.5, 0.6) is 0 Å². The number of nitrogens with zero attached hydrogens (tertiary/aromatic N) is 3. The number of aromatic nitrogens is 3. The second-order valence-corrected chi connectivity index (χ2v) is 4.79. The molecular formula is C14H14ClN3. The van der Waals surface area contributed by atoms with Gasteiger partial charge in [-0.2, -0.15) is 0 Å². The summed E-state index contributed by atoms with van der Waals surface area (Å²) in [7, 11) is 2.02. The Kier molecular flexibility index (Phi) is 2.84. The standard InChI is InChI=1S/C14H14ClN3/c1-17-10-7-16-14(17)6-9-18-8-5-11-12(15)3-2-4-13(11)18/h2-5,7-8,10H,6,9H2,1H3. The van der Waals surface area contributed by atoms with Crippen molar-refractivity contribution in [2.75, 3.05) is 0 Å². The molecule has 0 bridgehead atoms. The van der Waals surface area contributed by atoms with Crippen LogP contribution in [0.2, 0.25) is 5.02 Å². The number of hydrogen-bond donors (Lipinski definition) is 0. The van der Waals surface area contributed by atoms with Gasteiger partial charge in [0.1, 0.15) is 5.82 Å². The van der Waals surface area contributed by atoms with Gasteiger partial charge in [0.15, 0.2) is 0 Å². The zero-order chi connectivity index (χ0) is 12.5. The molecule has 1 aromatic carbocycles. The molecule has 3 rings (SSSR count). The first kappa shape index (κ1) is 11.4. The van der Waals surface area contributed by atoms with Crippen LogP contribution >= 0.6 is 11.6 Å². The zero-order valence-corrected chi connectivity index (χ0v) is 10.9. The third kappa shape index (κ3) is 1.91. The summed E-state index contributed by atoms with van der Waals surface area (Å²) in [5, 5.41) is 1.92. The molecule has 92 valence electrons. The Balaban J connectivity index is 1.87. The number of halogens is 1. The highest BCUT2D eigenvalue weighted by molar-refractivity contribution is 6.35. The lowest BCUT2D eigenvalue weighted by Gasteiger charge is -2.06. The summed E-state index contributed by atoms with van der Waals surface area (Å²) in [6.07, 6.45) is 6.80. The molecule has 0 aliphatic heterocycles. The quantitative estimate of drug-likeness (QED) is 0.708. The monoisotopic (exact) mass is 259 g/mol. The summed E-state index contributed by atoms with van der Waals surface area (Å²) in [5.41, 5.74) is 1.18. The van der Waals surface area contributed by atoms with E-state index >= 15 is 0 Å². The van der Waals surface area contributed by atoms with Crippen molar-refractivity contribution in [3.63, 3.8) is 0 Å². The molecule has 4 heteroatoms. The second kappa shape index (κ2) is 4.50. The summed E-state index contributed by atoms with van der Waals surface area (Å²) in [6.45, 7) is 0.911. The molecule has 0 saturated heterocycles. The van der Waals surface area contributed by atoms with Crippen LogP contribution in [0, 0.1) is 0 Å². The van der Waals surface area contributed by atoms with Crippen molar-refractivity contribution >= 4 is 22.5 Å². The summed E-state index contributed by atoms with van der Waals surface area (Å²) in [6, 6.07) is 8.07. The highest BCUT2D eigenvalue weighted by Gasteiger charge is 2.05. The van der Waals surface area contributed by atoms with Gasteiger partial charge < -0.3 is 9.13 Å². The molecular weight excluding hydrogens is 246 g/mol. The summed E-state index contributed by atoms with van der Waals surface area (Å²) in [5.74, 6) is 1.10. The van der Waals surface area contributed by atoms with Crippen molar-refractivity contribution in [3.8, 4) is 0 Å². The van der Waals surface area contributed by atoms with Gasteiger partial charge in [-0.25, -0.2) is 4.98 Å². The van der Waals surface area contributed by atoms with Gasteiger partial charge in [-0.1, -0.05) is 17.7 Å². The Bertz CT molecular complexity index is 681. The fraction of sp³-hybridized carbons (Fsp3) is 0.214. The minimum Gasteiger partial charge on any atom is -0.347 e. The molecule has 2 heterocycles. The van der Waals surface area contributed by atoms with Crippen LogP contribution in [0.25, 0.3) is 10.9 Å². The second-order valence-electron chi connectivity index (χ2n) is 4.39. The Morgan fingerprint density at radius 3 is 2.89 bits per heavy atom. The van der Waals surface area contributed by atoms with Crippen LogP contribution in [0.3, 0.4) is 0 Å². The van der Waals surface area contributed by atoms with Crippen molar-refractivity contribution in [1.29, 1.82) is 0 Å². The topological polar surface area (TPSA) is 22.8 Å². The number of aryl methyl sites for hydroxylation is 3. The minimum atomic E-state index is 0.809. The van der Waals surface area contributed by atoms with Gasteiger partial charge in [0, 0.05) is 54.5 Å². The number of rotatable bonds is 3. The molecule has 0 saturated carbocycles. The maximum atomic E-state index is 6.17. The van der Waals surface area contributed by atoms with Gasteiger partial charge in [-0.3, -0.25) is 0 Å². The fourth-order valence-corrected chi connectivity index (χ4v) is 2.47. The van der Waals surface area contributed by atoms with E-state index in [9.17, 15) is 0 Å². The molecule has 0 aliphatic rings. The summed E-state index contributed by atoms with van der Waals surface area (Å²) >= 11 is 6.17. The average molecular weight is 260 g/mol. The molecule has 0 fully saturated rings. The smallest absolute Gasteiger partial charge is 0.110 e. The van der Waals surface area contributed by atoms with E-state index in [4.69, 9.17) is 11.6 Å². The Morgan fingerprint density at radius 1 is 1.22 bits per heavy atom. The van der Waals surface area contributed by atoms with Crippen molar-refractivity contribution in [3.05, 3.63) is 53.7 Å². The fourth-order valence-electron chi connectivity index (χ4n) is 2.24. The van der Waals surface area contributed by atoms with Crippen LogP contribution in [0.15, 0.2) is 42.9 Å².